The second-order valence-corrected chi connectivity index (χ2v) is 6.73. The quantitative estimate of drug-likeness (QED) is 0.311. The van der Waals surface area contributed by atoms with Crippen molar-refractivity contribution in [3.8, 4) is 0 Å². The van der Waals surface area contributed by atoms with E-state index >= 15 is 0 Å². The molecular weight excluding hydrogens is 383 g/mol. The summed E-state index contributed by atoms with van der Waals surface area (Å²) in [5, 5.41) is 0. The van der Waals surface area contributed by atoms with Crippen molar-refractivity contribution < 1.29 is 0 Å². The lowest BCUT2D eigenvalue weighted by Gasteiger charge is -2.07. The van der Waals surface area contributed by atoms with Crippen molar-refractivity contribution in [2.24, 2.45) is 0 Å². The molecule has 0 aliphatic carbocycles. The van der Waals surface area contributed by atoms with Crippen molar-refractivity contribution >= 4 is 45.2 Å². The first-order valence-electron chi connectivity index (χ1n) is 7.47. The van der Waals surface area contributed by atoms with Gasteiger partial charge in [-0.15, -0.1) is 11.6 Å². The molecule has 0 saturated heterocycles. The monoisotopic (exact) mass is 404 g/mol. The predicted octanol–water partition coefficient (Wildman–Crippen LogP) is 5.74. The number of alkyl halides is 1. The van der Waals surface area contributed by atoms with E-state index < -0.39 is 0 Å². The molecule has 20 heavy (non-hydrogen) atoms. The van der Waals surface area contributed by atoms with Gasteiger partial charge in [-0.1, -0.05) is 39.0 Å². The Hall–Kier alpha value is -0.290. The largest absolute Gasteiger partial charge is 0.327 e. The second-order valence-electron chi connectivity index (χ2n) is 5.21. The number of benzene rings is 1. The summed E-state index contributed by atoms with van der Waals surface area (Å²) in [6.07, 6.45) is 7.88. The number of imidazole rings is 1. The zero-order valence-electron chi connectivity index (χ0n) is 12.0. The third-order valence-corrected chi connectivity index (χ3v) is 4.55. The molecular formula is C16H22ClIN2. The van der Waals surface area contributed by atoms with Crippen molar-refractivity contribution in [1.29, 1.82) is 0 Å². The van der Waals surface area contributed by atoms with Gasteiger partial charge in [-0.05, 0) is 47.2 Å². The molecule has 0 saturated carbocycles. The highest BCUT2D eigenvalue weighted by Crippen LogP contribution is 2.21. The van der Waals surface area contributed by atoms with Gasteiger partial charge in [-0.3, -0.25) is 0 Å². The van der Waals surface area contributed by atoms with Crippen LogP contribution < -0.4 is 0 Å². The minimum Gasteiger partial charge on any atom is -0.327 e. The van der Waals surface area contributed by atoms with Gasteiger partial charge >= 0.3 is 0 Å². The van der Waals surface area contributed by atoms with Gasteiger partial charge in [0.2, 0.25) is 0 Å². The molecule has 0 N–H and O–H groups in total. The van der Waals surface area contributed by atoms with Gasteiger partial charge in [-0.2, -0.15) is 0 Å². The predicted molar refractivity (Wildman–Crippen MR) is 95.4 cm³/mol. The first-order chi connectivity index (χ1) is 9.76. The summed E-state index contributed by atoms with van der Waals surface area (Å²) < 4.78 is 3.51. The fraction of sp³-hybridized carbons (Fsp3) is 0.562. The minimum absolute atomic E-state index is 0.487. The molecule has 1 aromatic heterocycles. The third-order valence-electron chi connectivity index (χ3n) is 3.64. The van der Waals surface area contributed by atoms with Crippen LogP contribution in [0.5, 0.6) is 0 Å². The number of hydrogen-bond donors (Lipinski definition) is 0. The highest BCUT2D eigenvalue weighted by Gasteiger charge is 2.09. The van der Waals surface area contributed by atoms with Gasteiger partial charge in [0.25, 0.3) is 0 Å². The molecule has 2 rings (SSSR count). The lowest BCUT2D eigenvalue weighted by Crippen LogP contribution is -2.02. The Balaban J connectivity index is 2.01. The van der Waals surface area contributed by atoms with Crippen LogP contribution >= 0.6 is 34.2 Å². The topological polar surface area (TPSA) is 17.8 Å². The highest BCUT2D eigenvalue weighted by molar-refractivity contribution is 14.1. The van der Waals surface area contributed by atoms with Crippen LogP contribution in [0.25, 0.3) is 11.0 Å². The van der Waals surface area contributed by atoms with Crippen LogP contribution in [0.3, 0.4) is 0 Å². The molecule has 4 heteroatoms. The molecule has 0 aliphatic rings. The summed E-state index contributed by atoms with van der Waals surface area (Å²) >= 11 is 8.37. The lowest BCUT2D eigenvalue weighted by atomic mass is 10.1. The lowest BCUT2D eigenvalue weighted by molar-refractivity contribution is 0.557. The normalized spacial score (nSPS) is 11.3. The Morgan fingerprint density at radius 1 is 1.15 bits per heavy atom. The van der Waals surface area contributed by atoms with E-state index in [0.717, 1.165) is 17.9 Å². The van der Waals surface area contributed by atoms with Crippen LogP contribution in [-0.2, 0) is 12.4 Å². The van der Waals surface area contributed by atoms with Gasteiger partial charge in [0.1, 0.15) is 5.82 Å². The van der Waals surface area contributed by atoms with Crippen LogP contribution in [0.4, 0.5) is 0 Å². The smallest absolute Gasteiger partial charge is 0.124 e. The highest BCUT2D eigenvalue weighted by atomic mass is 127. The number of halogens is 2. The van der Waals surface area contributed by atoms with Crippen LogP contribution in [0.2, 0.25) is 0 Å². The Morgan fingerprint density at radius 2 is 1.90 bits per heavy atom. The molecule has 0 bridgehead atoms. The average molecular weight is 405 g/mol. The summed E-state index contributed by atoms with van der Waals surface area (Å²) in [7, 11) is 0. The van der Waals surface area contributed by atoms with Gasteiger partial charge in [0.05, 0.1) is 16.9 Å². The molecule has 1 heterocycles. The summed E-state index contributed by atoms with van der Waals surface area (Å²) in [6, 6.07) is 6.43. The van der Waals surface area contributed by atoms with Crippen molar-refractivity contribution in [2.45, 2.75) is 57.9 Å². The zero-order valence-corrected chi connectivity index (χ0v) is 15.0. The fourth-order valence-electron chi connectivity index (χ4n) is 2.55. The molecule has 0 unspecified atom stereocenters. The number of fused-ring (bicyclic) bond motifs is 1. The van der Waals surface area contributed by atoms with E-state index in [0.29, 0.717) is 5.88 Å². The van der Waals surface area contributed by atoms with Gasteiger partial charge in [0.15, 0.2) is 0 Å². The van der Waals surface area contributed by atoms with Crippen molar-refractivity contribution in [2.75, 3.05) is 0 Å². The van der Waals surface area contributed by atoms with Crippen molar-refractivity contribution in [1.82, 2.24) is 9.55 Å². The summed E-state index contributed by atoms with van der Waals surface area (Å²) in [6.45, 7) is 3.29. The van der Waals surface area contributed by atoms with E-state index in [1.807, 2.05) is 0 Å². The van der Waals surface area contributed by atoms with Crippen molar-refractivity contribution in [3.05, 3.63) is 27.6 Å². The van der Waals surface area contributed by atoms with Gasteiger partial charge < -0.3 is 4.57 Å². The first-order valence-corrected chi connectivity index (χ1v) is 9.08. The molecule has 0 spiro atoms. The Kier molecular flexibility index (Phi) is 6.62. The van der Waals surface area contributed by atoms with Crippen LogP contribution in [0.15, 0.2) is 18.2 Å². The van der Waals surface area contributed by atoms with Crippen LogP contribution in [0, 0.1) is 3.57 Å². The number of unbranched alkanes of at least 4 members (excludes halogenated alkanes) is 5. The van der Waals surface area contributed by atoms with E-state index in [9.17, 15) is 0 Å². The number of aryl methyl sites for hydroxylation is 1. The van der Waals surface area contributed by atoms with Crippen molar-refractivity contribution in [3.63, 3.8) is 0 Å². The molecule has 0 atom stereocenters. The van der Waals surface area contributed by atoms with E-state index in [2.05, 4.69) is 57.3 Å². The molecule has 110 valence electrons. The molecule has 1 aromatic carbocycles. The maximum Gasteiger partial charge on any atom is 0.124 e. The van der Waals surface area contributed by atoms with Gasteiger partial charge in [0, 0.05) is 10.1 Å². The number of hydrogen-bond acceptors (Lipinski definition) is 1. The minimum atomic E-state index is 0.487. The summed E-state index contributed by atoms with van der Waals surface area (Å²) in [5.41, 5.74) is 2.29. The molecule has 0 aliphatic heterocycles. The first kappa shape index (κ1) is 16.1. The third kappa shape index (κ3) is 4.10. The zero-order chi connectivity index (χ0) is 14.4. The molecule has 2 nitrogen and oxygen atoms in total. The standard InChI is InChI=1S/C16H22ClIN2/c1-2-3-4-5-6-7-10-20-15-9-8-13(18)11-14(15)19-16(20)12-17/h8-9,11H,2-7,10,12H2,1H3. The summed E-state index contributed by atoms with van der Waals surface area (Å²) in [5.74, 6) is 1.48. The maximum atomic E-state index is 6.04. The van der Waals surface area contributed by atoms with E-state index in [1.165, 1.54) is 47.6 Å². The molecule has 0 fully saturated rings. The van der Waals surface area contributed by atoms with E-state index in [-0.39, 0.29) is 0 Å². The molecule has 0 radical (unpaired) electrons. The van der Waals surface area contributed by atoms with E-state index in [1.54, 1.807) is 0 Å². The maximum absolute atomic E-state index is 6.04. The average Bonchev–Trinajstić information content (AvgIpc) is 2.79. The van der Waals surface area contributed by atoms with Gasteiger partial charge in [-0.25, -0.2) is 4.98 Å². The second kappa shape index (κ2) is 8.23. The molecule has 2 aromatic rings. The Bertz CT molecular complexity index is 551. The SMILES string of the molecule is CCCCCCCCn1c(CCl)nc2cc(I)ccc21. The van der Waals surface area contributed by atoms with Crippen LogP contribution in [-0.4, -0.2) is 9.55 Å². The number of rotatable bonds is 8. The Labute approximate surface area is 140 Å². The number of aromatic nitrogens is 2. The number of nitrogens with zero attached hydrogens (tertiary/aromatic N) is 2. The van der Waals surface area contributed by atoms with Crippen LogP contribution in [0.1, 0.15) is 51.3 Å². The molecule has 0 amide bonds. The summed E-state index contributed by atoms with van der Waals surface area (Å²) in [4.78, 5) is 4.65. The Morgan fingerprint density at radius 3 is 2.65 bits per heavy atom. The van der Waals surface area contributed by atoms with E-state index in [4.69, 9.17) is 11.6 Å². The fourth-order valence-corrected chi connectivity index (χ4v) is 3.23.